The van der Waals surface area contributed by atoms with E-state index in [2.05, 4.69) is 156 Å². The zero-order chi connectivity index (χ0) is 42.9. The van der Waals surface area contributed by atoms with E-state index in [-0.39, 0.29) is 31.9 Å². The second kappa shape index (κ2) is 18.7. The molecule has 0 aliphatic rings. The molecule has 0 saturated heterocycles. The molecule has 0 N–H and O–H groups in total. The Morgan fingerprint density at radius 2 is 1.39 bits per heavy atom. The van der Waals surface area contributed by atoms with Crippen LogP contribution in [0.15, 0.2) is 126 Å². The summed E-state index contributed by atoms with van der Waals surface area (Å²) in [6.45, 7) is 24.1. The zero-order valence-corrected chi connectivity index (χ0v) is 41.8. The van der Waals surface area contributed by atoms with Gasteiger partial charge in [0.2, 0.25) is 0 Å². The standard InChI is InChI=1S/C35H34FN2OSi.C18H24NSi.Ir/c1-22(2)27-18-25(24-12-8-7-9-13-24)19-28(23(3)4)34(27)38-32-15-11-10-14-31(32)37-35(38)30-21-39-33-17-16-26(20-29(30)33)40(5,6)36;1-14(2)11-16-12-17(15-9-7-6-8-10-15)19-13-18(16)20(3,4)5;/h7-20,22-23H,1-6H3;6-9,12-14H,11H2,1-5H3;/q2*-1;. The van der Waals surface area contributed by atoms with E-state index < -0.39 is 16.5 Å². The number of hydrogen-bond donors (Lipinski definition) is 0. The Morgan fingerprint density at radius 1 is 0.738 bits per heavy atom. The van der Waals surface area contributed by atoms with E-state index in [9.17, 15) is 0 Å². The van der Waals surface area contributed by atoms with Gasteiger partial charge in [-0.1, -0.05) is 138 Å². The molecule has 4 nitrogen and oxygen atoms in total. The number of imidazole rings is 1. The molecule has 5 aromatic carbocycles. The normalized spacial score (nSPS) is 12.0. The van der Waals surface area contributed by atoms with Crippen molar-refractivity contribution in [3.05, 3.63) is 150 Å². The van der Waals surface area contributed by atoms with Crippen LogP contribution < -0.4 is 10.4 Å². The summed E-state index contributed by atoms with van der Waals surface area (Å²) in [5, 5.41) is 3.06. The Bertz CT molecular complexity index is 2710. The Kier molecular flexibility index (Phi) is 14.0. The maximum absolute atomic E-state index is 15.1. The van der Waals surface area contributed by atoms with Crippen LogP contribution in [0, 0.1) is 18.2 Å². The fourth-order valence-corrected chi connectivity index (χ4v) is 10.6. The molecule has 61 heavy (non-hydrogen) atoms. The van der Waals surface area contributed by atoms with Gasteiger partial charge in [-0.25, -0.2) is 0 Å². The number of rotatable bonds is 10. The Balaban J connectivity index is 0.000000250. The fourth-order valence-electron chi connectivity index (χ4n) is 8.03. The molecule has 8 heteroatoms. The summed E-state index contributed by atoms with van der Waals surface area (Å²) < 4.78 is 23.3. The SMILES string of the molecule is CC(C)Cc1cc(-c2[c-]cccc2)ncc1[Si](C)(C)C.CC(C)c1cc(-c2ccccc2)cc(C(C)C)c1-n1c(-c2[c-]oc3ccc([Si](C)(C)F)cc23)nc2ccccc21.[Ir]. The van der Waals surface area contributed by atoms with Crippen molar-refractivity contribution in [1.82, 2.24) is 14.5 Å². The van der Waals surface area contributed by atoms with Gasteiger partial charge in [0.05, 0.1) is 24.9 Å². The van der Waals surface area contributed by atoms with Gasteiger partial charge in [-0.3, -0.25) is 4.98 Å². The maximum Gasteiger partial charge on any atom is 0.270 e. The van der Waals surface area contributed by atoms with Crippen molar-refractivity contribution in [1.29, 1.82) is 0 Å². The summed E-state index contributed by atoms with van der Waals surface area (Å²) >= 11 is 0. The maximum atomic E-state index is 15.1. The summed E-state index contributed by atoms with van der Waals surface area (Å²) in [5.74, 6) is 1.95. The summed E-state index contributed by atoms with van der Waals surface area (Å²) in [4.78, 5) is 9.83. The molecule has 0 amide bonds. The minimum atomic E-state index is -3.03. The van der Waals surface area contributed by atoms with Gasteiger partial charge in [-0.2, -0.15) is 0 Å². The minimum Gasteiger partial charge on any atom is -0.557 e. The van der Waals surface area contributed by atoms with Crippen molar-refractivity contribution >= 4 is 48.9 Å². The molecule has 0 spiro atoms. The number of nitrogens with zero attached hydrogens (tertiary/aromatic N) is 3. The predicted octanol–water partition coefficient (Wildman–Crippen LogP) is 13.8. The second-order valence-electron chi connectivity index (χ2n) is 18.6. The van der Waals surface area contributed by atoms with E-state index in [1.54, 1.807) is 13.1 Å². The molecule has 0 fully saturated rings. The fraction of sp³-hybridized carbons (Fsp3) is 0.283. The third-order valence-electron chi connectivity index (χ3n) is 11.1. The quantitative estimate of drug-likeness (QED) is 0.0779. The molecule has 8 rings (SSSR count). The van der Waals surface area contributed by atoms with Crippen molar-refractivity contribution in [2.45, 2.75) is 92.5 Å². The molecule has 0 atom stereocenters. The average Bonchev–Trinajstić information content (AvgIpc) is 3.81. The number of furan rings is 1. The van der Waals surface area contributed by atoms with Crippen molar-refractivity contribution < 1.29 is 28.6 Å². The first kappa shape index (κ1) is 45.8. The van der Waals surface area contributed by atoms with Crippen molar-refractivity contribution in [2.24, 2.45) is 5.92 Å². The van der Waals surface area contributed by atoms with Crippen molar-refractivity contribution in [3.8, 4) is 39.5 Å². The molecule has 1 radical (unpaired) electrons. The molecule has 0 aliphatic carbocycles. The molecule has 0 bridgehead atoms. The van der Waals surface area contributed by atoms with E-state index in [0.717, 1.165) is 56.4 Å². The van der Waals surface area contributed by atoms with E-state index in [1.807, 2.05) is 48.5 Å². The van der Waals surface area contributed by atoms with E-state index in [0.29, 0.717) is 11.5 Å². The smallest absolute Gasteiger partial charge is 0.270 e. The number of hydrogen-bond acceptors (Lipinski definition) is 3. The monoisotopic (exact) mass is 1020 g/mol. The molecule has 0 unspecified atom stereocenters. The average molecular weight is 1020 g/mol. The number of fused-ring (bicyclic) bond motifs is 2. The number of halogens is 1. The number of para-hydroxylation sites is 2. The summed E-state index contributed by atoms with van der Waals surface area (Å²) in [6.07, 6.45) is 6.39. The topological polar surface area (TPSA) is 43.9 Å². The Hall–Kier alpha value is -4.73. The minimum absolute atomic E-state index is 0. The van der Waals surface area contributed by atoms with Crippen LogP contribution in [0.25, 0.3) is 61.5 Å². The number of benzene rings is 5. The van der Waals surface area contributed by atoms with Crippen LogP contribution in [0.4, 0.5) is 4.11 Å². The van der Waals surface area contributed by atoms with Gasteiger partial charge in [0.25, 0.3) is 8.41 Å². The van der Waals surface area contributed by atoms with Crippen LogP contribution in [0.1, 0.15) is 70.1 Å². The van der Waals surface area contributed by atoms with Crippen molar-refractivity contribution in [2.75, 3.05) is 0 Å². The number of aromatic nitrogens is 3. The Labute approximate surface area is 378 Å². The molecule has 0 saturated carbocycles. The molecule has 8 aromatic rings. The van der Waals surface area contributed by atoms with E-state index >= 15 is 4.11 Å². The van der Waals surface area contributed by atoms with Gasteiger partial charge < -0.3 is 18.1 Å². The Morgan fingerprint density at radius 3 is 2.00 bits per heavy atom. The molecule has 3 heterocycles. The first-order chi connectivity index (χ1) is 28.5. The molecule has 3 aromatic heterocycles. The first-order valence-corrected chi connectivity index (χ1v) is 27.7. The zero-order valence-electron chi connectivity index (χ0n) is 37.4. The molecular formula is C53H58FIrN3OSi2-2. The van der Waals surface area contributed by atoms with Gasteiger partial charge in [0, 0.05) is 43.8 Å². The van der Waals surface area contributed by atoms with Gasteiger partial charge in [0.15, 0.2) is 0 Å². The molecule has 317 valence electrons. The van der Waals surface area contributed by atoms with Gasteiger partial charge in [-0.05, 0) is 99.9 Å². The van der Waals surface area contributed by atoms with Crippen LogP contribution in [-0.2, 0) is 26.5 Å². The first-order valence-electron chi connectivity index (χ1n) is 21.3. The van der Waals surface area contributed by atoms with Crippen LogP contribution in [-0.4, -0.2) is 31.0 Å². The van der Waals surface area contributed by atoms with Crippen LogP contribution in [0.2, 0.25) is 32.7 Å². The predicted molar refractivity (Wildman–Crippen MR) is 257 cm³/mol. The van der Waals surface area contributed by atoms with Gasteiger partial charge in [-0.15, -0.1) is 42.0 Å². The molecular weight excluding hydrogens is 962 g/mol. The largest absolute Gasteiger partial charge is 0.557 e. The molecule has 0 aliphatic heterocycles. The van der Waals surface area contributed by atoms with Gasteiger partial charge >= 0.3 is 0 Å². The van der Waals surface area contributed by atoms with Crippen LogP contribution in [0.5, 0.6) is 0 Å². The summed E-state index contributed by atoms with van der Waals surface area (Å²) in [6, 6.07) is 42.7. The summed E-state index contributed by atoms with van der Waals surface area (Å²) in [7, 11) is -4.37. The second-order valence-corrected chi connectivity index (χ2v) is 27.1. The van der Waals surface area contributed by atoms with E-state index in [4.69, 9.17) is 9.40 Å². The third kappa shape index (κ3) is 10.00. The summed E-state index contributed by atoms with van der Waals surface area (Å²) in [5.41, 5.74) is 13.0. The van der Waals surface area contributed by atoms with E-state index in [1.165, 1.54) is 33.0 Å². The third-order valence-corrected chi connectivity index (χ3v) is 14.9. The van der Waals surface area contributed by atoms with Crippen LogP contribution in [0.3, 0.4) is 0 Å². The van der Waals surface area contributed by atoms with Gasteiger partial charge in [0.1, 0.15) is 0 Å². The van der Waals surface area contributed by atoms with Crippen molar-refractivity contribution in [3.63, 3.8) is 0 Å². The van der Waals surface area contributed by atoms with Crippen LogP contribution >= 0.6 is 0 Å². The number of pyridine rings is 1.